The van der Waals surface area contributed by atoms with Gasteiger partial charge in [-0.25, -0.2) is 0 Å². The van der Waals surface area contributed by atoms with Crippen LogP contribution in [0.2, 0.25) is 0 Å². The highest BCUT2D eigenvalue weighted by Crippen LogP contribution is 2.45. The SMILES string of the molecule is c1cncc(-c2ccc(-c3c4ccccc4c(-c4cccc5ccc(-c6cccnc6)cc45)c4ccccc34)cc2)c1. The van der Waals surface area contributed by atoms with Crippen molar-refractivity contribution in [2.75, 3.05) is 0 Å². The Hall–Kier alpha value is -5.60. The third-order valence-electron chi connectivity index (χ3n) is 8.25. The number of fused-ring (bicyclic) bond motifs is 3. The minimum Gasteiger partial charge on any atom is -0.264 e. The maximum absolute atomic E-state index is 4.36. The zero-order chi connectivity index (χ0) is 27.9. The number of rotatable bonds is 4. The fourth-order valence-electron chi connectivity index (χ4n) is 6.30. The van der Waals surface area contributed by atoms with Crippen molar-refractivity contribution in [1.29, 1.82) is 0 Å². The van der Waals surface area contributed by atoms with Crippen molar-refractivity contribution in [2.24, 2.45) is 0 Å². The van der Waals surface area contributed by atoms with Crippen molar-refractivity contribution in [2.45, 2.75) is 0 Å². The molecule has 2 heteroatoms. The lowest BCUT2D eigenvalue weighted by molar-refractivity contribution is 1.33. The lowest BCUT2D eigenvalue weighted by Crippen LogP contribution is -1.92. The topological polar surface area (TPSA) is 25.8 Å². The van der Waals surface area contributed by atoms with Crippen LogP contribution < -0.4 is 0 Å². The van der Waals surface area contributed by atoms with Gasteiger partial charge in [0.25, 0.3) is 0 Å². The third-order valence-corrected chi connectivity index (χ3v) is 8.25. The molecule has 0 spiro atoms. The van der Waals surface area contributed by atoms with Gasteiger partial charge in [0.2, 0.25) is 0 Å². The fourth-order valence-corrected chi connectivity index (χ4v) is 6.30. The van der Waals surface area contributed by atoms with Crippen LogP contribution >= 0.6 is 0 Å². The quantitative estimate of drug-likeness (QED) is 0.210. The summed E-state index contributed by atoms with van der Waals surface area (Å²) in [6, 6.07) is 48.2. The van der Waals surface area contributed by atoms with Gasteiger partial charge in [-0.2, -0.15) is 0 Å². The molecule has 0 aliphatic heterocycles. The molecule has 8 aromatic rings. The summed E-state index contributed by atoms with van der Waals surface area (Å²) in [6.45, 7) is 0. The van der Waals surface area contributed by atoms with Crippen LogP contribution in [0.5, 0.6) is 0 Å². The molecule has 0 radical (unpaired) electrons. The molecule has 8 rings (SSSR count). The molecule has 0 saturated carbocycles. The maximum atomic E-state index is 4.36. The minimum atomic E-state index is 1.12. The zero-order valence-corrected chi connectivity index (χ0v) is 22.9. The van der Waals surface area contributed by atoms with E-state index in [4.69, 9.17) is 0 Å². The first-order valence-electron chi connectivity index (χ1n) is 14.2. The number of aromatic nitrogens is 2. The van der Waals surface area contributed by atoms with Crippen LogP contribution in [0.15, 0.2) is 158 Å². The smallest absolute Gasteiger partial charge is 0.0346 e. The Kier molecular flexibility index (Phi) is 5.82. The average Bonchev–Trinajstić information content (AvgIpc) is 3.07. The molecule has 0 atom stereocenters. The molecular formula is C40H26N2. The summed E-state index contributed by atoms with van der Waals surface area (Å²) in [4.78, 5) is 8.66. The second-order valence-electron chi connectivity index (χ2n) is 10.6. The molecule has 196 valence electrons. The molecule has 0 saturated heterocycles. The first-order valence-corrected chi connectivity index (χ1v) is 14.2. The van der Waals surface area contributed by atoms with E-state index in [0.29, 0.717) is 0 Å². The van der Waals surface area contributed by atoms with Crippen molar-refractivity contribution in [3.8, 4) is 44.5 Å². The van der Waals surface area contributed by atoms with E-state index in [1.54, 1.807) is 0 Å². The van der Waals surface area contributed by atoms with Crippen LogP contribution in [-0.2, 0) is 0 Å². The largest absolute Gasteiger partial charge is 0.264 e. The average molecular weight is 535 g/mol. The first-order chi connectivity index (χ1) is 20.8. The second-order valence-corrected chi connectivity index (χ2v) is 10.6. The molecule has 2 aromatic heterocycles. The second kappa shape index (κ2) is 10.1. The van der Waals surface area contributed by atoms with E-state index in [0.717, 1.165) is 16.7 Å². The number of hydrogen-bond acceptors (Lipinski definition) is 2. The fraction of sp³-hybridized carbons (Fsp3) is 0. The van der Waals surface area contributed by atoms with Crippen molar-refractivity contribution in [3.63, 3.8) is 0 Å². The zero-order valence-electron chi connectivity index (χ0n) is 22.9. The number of benzene rings is 6. The Bertz CT molecular complexity index is 2160. The standard InChI is InChI=1S/C40H26N2/c1-3-13-35-33(11-1)39(29-19-16-27(17-20-29)31-9-6-22-41-25-31)34-12-2-4-14-36(34)40(35)37-15-5-8-28-18-21-30(24-38(28)37)32-10-7-23-42-26-32/h1-26H. The summed E-state index contributed by atoms with van der Waals surface area (Å²) in [5.41, 5.74) is 9.55. The Morgan fingerprint density at radius 1 is 0.333 bits per heavy atom. The third kappa shape index (κ3) is 4.05. The van der Waals surface area contributed by atoms with Gasteiger partial charge in [0.05, 0.1) is 0 Å². The van der Waals surface area contributed by atoms with E-state index < -0.39 is 0 Å². The minimum absolute atomic E-state index is 1.12. The van der Waals surface area contributed by atoms with Gasteiger partial charge < -0.3 is 0 Å². The molecule has 0 amide bonds. The van der Waals surface area contributed by atoms with E-state index in [9.17, 15) is 0 Å². The van der Waals surface area contributed by atoms with Crippen molar-refractivity contribution >= 4 is 32.3 Å². The molecule has 0 aliphatic carbocycles. The van der Waals surface area contributed by atoms with Crippen molar-refractivity contribution < 1.29 is 0 Å². The van der Waals surface area contributed by atoms with Gasteiger partial charge in [-0.3, -0.25) is 9.97 Å². The molecule has 0 unspecified atom stereocenters. The van der Waals surface area contributed by atoms with E-state index in [1.165, 1.54) is 60.1 Å². The summed E-state index contributed by atoms with van der Waals surface area (Å²) in [7, 11) is 0. The molecule has 0 fully saturated rings. The van der Waals surface area contributed by atoms with Gasteiger partial charge in [0.15, 0.2) is 0 Å². The van der Waals surface area contributed by atoms with Crippen molar-refractivity contribution in [1.82, 2.24) is 9.97 Å². The molecule has 0 N–H and O–H groups in total. The first kappa shape index (κ1) is 24.2. The molecule has 6 aromatic carbocycles. The summed E-state index contributed by atoms with van der Waals surface area (Å²) < 4.78 is 0. The van der Waals surface area contributed by atoms with Crippen LogP contribution in [0.4, 0.5) is 0 Å². The normalized spacial score (nSPS) is 11.3. The van der Waals surface area contributed by atoms with E-state index >= 15 is 0 Å². The Morgan fingerprint density at radius 3 is 1.48 bits per heavy atom. The Labute approximate surface area is 244 Å². The lowest BCUT2D eigenvalue weighted by atomic mass is 9.84. The highest BCUT2D eigenvalue weighted by atomic mass is 14.6. The van der Waals surface area contributed by atoms with Gasteiger partial charge in [-0.1, -0.05) is 115 Å². The lowest BCUT2D eigenvalue weighted by Gasteiger charge is -2.19. The van der Waals surface area contributed by atoms with Crippen LogP contribution in [0.1, 0.15) is 0 Å². The number of nitrogens with zero attached hydrogens (tertiary/aromatic N) is 2. The van der Waals surface area contributed by atoms with Crippen molar-refractivity contribution in [3.05, 3.63) is 158 Å². The molecule has 0 bridgehead atoms. The Balaban J connectivity index is 1.40. The monoisotopic (exact) mass is 534 g/mol. The molecule has 2 nitrogen and oxygen atoms in total. The summed E-state index contributed by atoms with van der Waals surface area (Å²) in [5.74, 6) is 0. The predicted molar refractivity (Wildman–Crippen MR) is 176 cm³/mol. The predicted octanol–water partition coefficient (Wildman–Crippen LogP) is 10.6. The van der Waals surface area contributed by atoms with Crippen LogP contribution in [0.25, 0.3) is 76.8 Å². The summed E-state index contributed by atoms with van der Waals surface area (Å²) >= 11 is 0. The Morgan fingerprint density at radius 2 is 0.881 bits per heavy atom. The highest BCUT2D eigenvalue weighted by Gasteiger charge is 2.18. The van der Waals surface area contributed by atoms with Gasteiger partial charge in [-0.05, 0) is 89.5 Å². The highest BCUT2D eigenvalue weighted by molar-refractivity contribution is 6.23. The van der Waals surface area contributed by atoms with Gasteiger partial charge in [0, 0.05) is 30.4 Å². The summed E-state index contributed by atoms with van der Waals surface area (Å²) in [6.07, 6.45) is 7.48. The van der Waals surface area contributed by atoms with E-state index in [-0.39, 0.29) is 0 Å². The van der Waals surface area contributed by atoms with Crippen LogP contribution in [-0.4, -0.2) is 9.97 Å². The van der Waals surface area contributed by atoms with Crippen LogP contribution in [0.3, 0.4) is 0 Å². The van der Waals surface area contributed by atoms with Gasteiger partial charge in [0.1, 0.15) is 0 Å². The van der Waals surface area contributed by atoms with Gasteiger partial charge >= 0.3 is 0 Å². The van der Waals surface area contributed by atoms with E-state index in [2.05, 4.69) is 131 Å². The van der Waals surface area contributed by atoms with Gasteiger partial charge in [-0.15, -0.1) is 0 Å². The summed E-state index contributed by atoms with van der Waals surface area (Å²) in [5, 5.41) is 7.47. The maximum Gasteiger partial charge on any atom is 0.0346 e. The molecule has 42 heavy (non-hydrogen) atoms. The molecule has 2 heterocycles. The number of pyridine rings is 2. The van der Waals surface area contributed by atoms with E-state index in [1.807, 2.05) is 36.9 Å². The molecule has 0 aliphatic rings. The van der Waals surface area contributed by atoms with Crippen LogP contribution in [0, 0.1) is 0 Å². The molecular weight excluding hydrogens is 508 g/mol. The number of hydrogen-bond donors (Lipinski definition) is 0.